The Kier molecular flexibility index (Phi) is 4.99. The maximum absolute atomic E-state index is 10.9. The molecule has 1 amide bonds. The minimum atomic E-state index is -0.250. The van der Waals surface area contributed by atoms with Gasteiger partial charge in [0.1, 0.15) is 0 Å². The summed E-state index contributed by atoms with van der Waals surface area (Å²) in [6, 6.07) is 10.5. The van der Waals surface area contributed by atoms with Gasteiger partial charge in [-0.05, 0) is 24.9 Å². The smallest absolute Gasteiger partial charge is 0.218 e. The normalized spacial score (nSPS) is 14.4. The summed E-state index contributed by atoms with van der Waals surface area (Å²) < 4.78 is 0. The fourth-order valence-electron chi connectivity index (χ4n) is 1.89. The second-order valence-electron chi connectivity index (χ2n) is 4.20. The number of primary amides is 1. The van der Waals surface area contributed by atoms with E-state index >= 15 is 0 Å². The molecule has 0 radical (unpaired) electrons. The Balaban J connectivity index is 2.55. The third kappa shape index (κ3) is 4.03. The Labute approximate surface area is 97.0 Å². The zero-order valence-corrected chi connectivity index (χ0v) is 9.94. The van der Waals surface area contributed by atoms with Gasteiger partial charge in [0.25, 0.3) is 0 Å². The molecule has 0 saturated carbocycles. The molecule has 3 N–H and O–H groups in total. The molecule has 0 aliphatic heterocycles. The minimum Gasteiger partial charge on any atom is -0.370 e. The van der Waals surface area contributed by atoms with Crippen molar-refractivity contribution in [3.8, 4) is 0 Å². The van der Waals surface area contributed by atoms with E-state index in [1.165, 1.54) is 5.56 Å². The van der Waals surface area contributed by atoms with Crippen molar-refractivity contribution in [2.75, 3.05) is 7.05 Å². The summed E-state index contributed by atoms with van der Waals surface area (Å²) in [5, 5.41) is 3.13. The third-order valence-electron chi connectivity index (χ3n) is 2.86. The first-order valence-electron chi connectivity index (χ1n) is 5.64. The van der Waals surface area contributed by atoms with Crippen LogP contribution in [0.1, 0.15) is 31.2 Å². The Bertz CT molecular complexity index is 324. The van der Waals surface area contributed by atoms with Crippen LogP contribution in [0.25, 0.3) is 0 Å². The van der Waals surface area contributed by atoms with Crippen molar-refractivity contribution in [1.29, 1.82) is 0 Å². The van der Waals surface area contributed by atoms with Crippen molar-refractivity contribution in [3.05, 3.63) is 35.9 Å². The van der Waals surface area contributed by atoms with Crippen molar-refractivity contribution in [2.45, 2.75) is 31.7 Å². The monoisotopic (exact) mass is 220 g/mol. The topological polar surface area (TPSA) is 55.1 Å². The summed E-state index contributed by atoms with van der Waals surface area (Å²) in [6.07, 6.45) is 1.32. The molecule has 1 rings (SSSR count). The van der Waals surface area contributed by atoms with E-state index in [0.717, 1.165) is 6.42 Å². The number of hydrogen-bond donors (Lipinski definition) is 2. The van der Waals surface area contributed by atoms with Crippen molar-refractivity contribution in [2.24, 2.45) is 5.73 Å². The molecule has 0 spiro atoms. The van der Waals surface area contributed by atoms with E-state index in [4.69, 9.17) is 5.73 Å². The lowest BCUT2D eigenvalue weighted by atomic mass is 9.92. The molecule has 0 saturated heterocycles. The van der Waals surface area contributed by atoms with E-state index < -0.39 is 0 Å². The van der Waals surface area contributed by atoms with Gasteiger partial charge in [0, 0.05) is 12.5 Å². The Morgan fingerprint density at radius 1 is 1.38 bits per heavy atom. The van der Waals surface area contributed by atoms with E-state index in [2.05, 4.69) is 24.4 Å². The van der Waals surface area contributed by atoms with Crippen LogP contribution < -0.4 is 11.1 Å². The van der Waals surface area contributed by atoms with Gasteiger partial charge in [-0.15, -0.1) is 0 Å². The standard InChI is InChI=1S/C13H20N2O/c1-10(11-6-4-3-5-7-11)8-12(15-2)9-13(14)16/h3-7,10,12,15H,8-9H2,1-2H3,(H2,14,16). The summed E-state index contributed by atoms with van der Waals surface area (Å²) >= 11 is 0. The maximum atomic E-state index is 10.9. The Morgan fingerprint density at radius 3 is 2.50 bits per heavy atom. The van der Waals surface area contributed by atoms with Crippen LogP contribution in [0.3, 0.4) is 0 Å². The molecule has 0 aliphatic carbocycles. The van der Waals surface area contributed by atoms with E-state index in [-0.39, 0.29) is 11.9 Å². The van der Waals surface area contributed by atoms with Crippen molar-refractivity contribution in [3.63, 3.8) is 0 Å². The van der Waals surface area contributed by atoms with Gasteiger partial charge in [-0.1, -0.05) is 37.3 Å². The molecule has 3 heteroatoms. The Morgan fingerprint density at radius 2 is 2.00 bits per heavy atom. The van der Waals surface area contributed by atoms with Gasteiger partial charge in [0.15, 0.2) is 0 Å². The number of rotatable bonds is 6. The number of nitrogens with one attached hydrogen (secondary N) is 1. The summed E-state index contributed by atoms with van der Waals surface area (Å²) in [4.78, 5) is 10.9. The lowest BCUT2D eigenvalue weighted by molar-refractivity contribution is -0.118. The van der Waals surface area contributed by atoms with Crippen LogP contribution >= 0.6 is 0 Å². The first-order chi connectivity index (χ1) is 7.63. The van der Waals surface area contributed by atoms with Crippen LogP contribution in [0, 0.1) is 0 Å². The van der Waals surface area contributed by atoms with Crippen LogP contribution in [0.5, 0.6) is 0 Å². The zero-order chi connectivity index (χ0) is 12.0. The summed E-state index contributed by atoms with van der Waals surface area (Å²) in [7, 11) is 1.87. The first kappa shape index (κ1) is 12.7. The summed E-state index contributed by atoms with van der Waals surface area (Å²) in [5.74, 6) is 0.178. The average Bonchev–Trinajstić information content (AvgIpc) is 2.28. The molecule has 1 aromatic rings. The van der Waals surface area contributed by atoms with E-state index in [0.29, 0.717) is 12.3 Å². The molecule has 0 fully saturated rings. The molecule has 0 aliphatic rings. The fourth-order valence-corrected chi connectivity index (χ4v) is 1.89. The second kappa shape index (κ2) is 6.28. The van der Waals surface area contributed by atoms with Crippen molar-refractivity contribution >= 4 is 5.91 Å². The van der Waals surface area contributed by atoms with Gasteiger partial charge in [0.05, 0.1) is 0 Å². The average molecular weight is 220 g/mol. The molecule has 3 nitrogen and oxygen atoms in total. The van der Waals surface area contributed by atoms with Crippen molar-refractivity contribution < 1.29 is 4.79 Å². The lowest BCUT2D eigenvalue weighted by Gasteiger charge is -2.19. The van der Waals surface area contributed by atoms with Crippen LogP contribution in [0.2, 0.25) is 0 Å². The molecule has 0 bridgehead atoms. The SMILES string of the molecule is CNC(CC(N)=O)CC(C)c1ccccc1. The number of amides is 1. The predicted molar refractivity (Wildman–Crippen MR) is 66.1 cm³/mol. The fraction of sp³-hybridized carbons (Fsp3) is 0.462. The molecule has 0 heterocycles. The number of nitrogens with two attached hydrogens (primary N) is 1. The Hall–Kier alpha value is -1.35. The number of benzene rings is 1. The summed E-state index contributed by atoms with van der Waals surface area (Å²) in [6.45, 7) is 2.17. The number of hydrogen-bond acceptors (Lipinski definition) is 2. The van der Waals surface area contributed by atoms with Crippen molar-refractivity contribution in [1.82, 2.24) is 5.32 Å². The van der Waals surface area contributed by atoms with Crippen LogP contribution in [0.4, 0.5) is 0 Å². The minimum absolute atomic E-state index is 0.160. The highest BCUT2D eigenvalue weighted by Crippen LogP contribution is 2.20. The van der Waals surface area contributed by atoms with E-state index in [9.17, 15) is 4.79 Å². The molecule has 1 aromatic carbocycles. The highest BCUT2D eigenvalue weighted by molar-refractivity contribution is 5.74. The molecule has 16 heavy (non-hydrogen) atoms. The van der Waals surface area contributed by atoms with Crippen LogP contribution in [-0.2, 0) is 4.79 Å². The van der Waals surface area contributed by atoms with Gasteiger partial charge >= 0.3 is 0 Å². The third-order valence-corrected chi connectivity index (χ3v) is 2.86. The van der Waals surface area contributed by atoms with Gasteiger partial charge in [-0.3, -0.25) is 4.79 Å². The summed E-state index contributed by atoms with van der Waals surface area (Å²) in [5.41, 5.74) is 6.50. The van der Waals surface area contributed by atoms with Crippen LogP contribution in [-0.4, -0.2) is 19.0 Å². The highest BCUT2D eigenvalue weighted by Gasteiger charge is 2.14. The van der Waals surface area contributed by atoms with E-state index in [1.54, 1.807) is 0 Å². The largest absolute Gasteiger partial charge is 0.370 e. The quantitative estimate of drug-likeness (QED) is 0.765. The van der Waals surface area contributed by atoms with Gasteiger partial charge in [0.2, 0.25) is 5.91 Å². The molecule has 2 atom stereocenters. The first-order valence-corrected chi connectivity index (χ1v) is 5.64. The lowest BCUT2D eigenvalue weighted by Crippen LogP contribution is -2.32. The maximum Gasteiger partial charge on any atom is 0.218 e. The van der Waals surface area contributed by atoms with Gasteiger partial charge < -0.3 is 11.1 Å². The van der Waals surface area contributed by atoms with Crippen LogP contribution in [0.15, 0.2) is 30.3 Å². The molecule has 0 aromatic heterocycles. The van der Waals surface area contributed by atoms with E-state index in [1.807, 2.05) is 25.2 Å². The second-order valence-corrected chi connectivity index (χ2v) is 4.20. The molecular formula is C13H20N2O. The number of carbonyl (C=O) groups excluding carboxylic acids is 1. The molecular weight excluding hydrogens is 200 g/mol. The van der Waals surface area contributed by atoms with Gasteiger partial charge in [-0.25, -0.2) is 0 Å². The zero-order valence-electron chi connectivity index (χ0n) is 9.94. The highest BCUT2D eigenvalue weighted by atomic mass is 16.1. The molecule has 88 valence electrons. The number of carbonyl (C=O) groups is 1. The molecule has 2 unspecified atom stereocenters. The van der Waals surface area contributed by atoms with Gasteiger partial charge in [-0.2, -0.15) is 0 Å². The predicted octanol–water partition coefficient (Wildman–Crippen LogP) is 1.64.